The highest BCUT2D eigenvalue weighted by Crippen LogP contribution is 2.40. The van der Waals surface area contributed by atoms with Crippen molar-refractivity contribution in [3.8, 4) is 17.6 Å². The normalized spacial score (nSPS) is 10.0. The van der Waals surface area contributed by atoms with Crippen molar-refractivity contribution in [1.29, 1.82) is 5.26 Å². The van der Waals surface area contributed by atoms with Crippen LogP contribution in [0.5, 0.6) is 11.5 Å². The Kier molecular flexibility index (Phi) is 4.32. The Balaban J connectivity index is 2.46. The van der Waals surface area contributed by atoms with Crippen molar-refractivity contribution in [3.05, 3.63) is 61.6 Å². The highest BCUT2D eigenvalue weighted by molar-refractivity contribution is 6.37. The third-order valence-electron chi connectivity index (χ3n) is 2.66. The molecule has 0 amide bonds. The van der Waals surface area contributed by atoms with Gasteiger partial charge in [-0.15, -0.1) is 0 Å². The number of hydrogen-bond donors (Lipinski definition) is 0. The van der Waals surface area contributed by atoms with Crippen molar-refractivity contribution in [2.24, 2.45) is 0 Å². The summed E-state index contributed by atoms with van der Waals surface area (Å²) >= 11 is 11.9. The fourth-order valence-corrected chi connectivity index (χ4v) is 2.23. The van der Waals surface area contributed by atoms with Crippen molar-refractivity contribution in [1.82, 2.24) is 0 Å². The molecule has 0 bridgehead atoms. The van der Waals surface area contributed by atoms with Gasteiger partial charge in [0.05, 0.1) is 20.5 Å². The Morgan fingerprint density at radius 3 is 2.38 bits per heavy atom. The van der Waals surface area contributed by atoms with Crippen molar-refractivity contribution in [2.45, 2.75) is 6.92 Å². The van der Waals surface area contributed by atoms with E-state index in [0.29, 0.717) is 5.56 Å². The highest BCUT2D eigenvalue weighted by atomic mass is 35.5. The fraction of sp³-hybridized carbons (Fsp3) is 0.0714. The zero-order valence-electron chi connectivity index (χ0n) is 10.8. The lowest BCUT2D eigenvalue weighted by atomic mass is 10.1. The molecule has 5 nitrogen and oxygen atoms in total. The van der Waals surface area contributed by atoms with Crippen molar-refractivity contribution >= 4 is 28.9 Å². The van der Waals surface area contributed by atoms with Crippen LogP contribution in [0.15, 0.2) is 30.3 Å². The van der Waals surface area contributed by atoms with E-state index in [1.165, 1.54) is 0 Å². The predicted octanol–water partition coefficient (Wildman–Crippen LogP) is 4.87. The molecule has 0 unspecified atom stereocenters. The summed E-state index contributed by atoms with van der Waals surface area (Å²) in [5.41, 5.74) is 0.988. The summed E-state index contributed by atoms with van der Waals surface area (Å²) in [6.45, 7) is 1.84. The molecule has 2 rings (SSSR count). The van der Waals surface area contributed by atoms with Gasteiger partial charge in [-0.2, -0.15) is 5.26 Å². The quantitative estimate of drug-likeness (QED) is 0.596. The number of aryl methyl sites for hydroxylation is 1. The van der Waals surface area contributed by atoms with E-state index < -0.39 is 4.92 Å². The van der Waals surface area contributed by atoms with E-state index >= 15 is 0 Å². The number of nitro benzene ring substituents is 1. The number of rotatable bonds is 3. The monoisotopic (exact) mass is 322 g/mol. The molecule has 0 saturated carbocycles. The van der Waals surface area contributed by atoms with Crippen LogP contribution in [-0.2, 0) is 0 Å². The lowest BCUT2D eigenvalue weighted by molar-refractivity contribution is -0.384. The molecular weight excluding hydrogens is 315 g/mol. The number of nitrogens with zero attached hydrogens (tertiary/aromatic N) is 2. The summed E-state index contributed by atoms with van der Waals surface area (Å²) in [6.07, 6.45) is 0. The Bertz CT molecular complexity index is 746. The molecule has 21 heavy (non-hydrogen) atoms. The van der Waals surface area contributed by atoms with Crippen LogP contribution >= 0.6 is 23.2 Å². The molecule has 2 aromatic carbocycles. The van der Waals surface area contributed by atoms with E-state index in [-0.39, 0.29) is 27.2 Å². The second-order valence-electron chi connectivity index (χ2n) is 4.21. The van der Waals surface area contributed by atoms with E-state index in [1.807, 2.05) is 13.0 Å². The van der Waals surface area contributed by atoms with E-state index in [9.17, 15) is 10.1 Å². The average molecular weight is 323 g/mol. The highest BCUT2D eigenvalue weighted by Gasteiger charge is 2.17. The Morgan fingerprint density at radius 2 is 1.86 bits per heavy atom. The van der Waals surface area contributed by atoms with Crippen molar-refractivity contribution in [2.75, 3.05) is 0 Å². The van der Waals surface area contributed by atoms with E-state index in [4.69, 9.17) is 33.2 Å². The molecule has 0 aliphatic heterocycles. The molecular formula is C14H8Cl2N2O3. The minimum Gasteiger partial charge on any atom is -0.453 e. The van der Waals surface area contributed by atoms with E-state index in [1.54, 1.807) is 18.2 Å². The Labute approximate surface area is 130 Å². The molecule has 0 saturated heterocycles. The van der Waals surface area contributed by atoms with Gasteiger partial charge in [0.2, 0.25) is 0 Å². The molecule has 0 fully saturated rings. The molecule has 0 atom stereocenters. The van der Waals surface area contributed by atoms with Crippen LogP contribution in [-0.4, -0.2) is 4.92 Å². The van der Waals surface area contributed by atoms with Crippen molar-refractivity contribution < 1.29 is 9.66 Å². The second kappa shape index (κ2) is 6.00. The van der Waals surface area contributed by atoms with Gasteiger partial charge in [0.15, 0.2) is 5.75 Å². The first-order chi connectivity index (χ1) is 9.92. The maximum absolute atomic E-state index is 10.7. The second-order valence-corrected chi connectivity index (χ2v) is 5.02. The molecule has 2 aromatic rings. The van der Waals surface area contributed by atoms with Crippen LogP contribution in [0.2, 0.25) is 10.0 Å². The SMILES string of the molecule is Cc1ccc(Oc2c(Cl)cc([N+](=O)[O-])cc2Cl)c(C#N)c1. The summed E-state index contributed by atoms with van der Waals surface area (Å²) in [7, 11) is 0. The summed E-state index contributed by atoms with van der Waals surface area (Å²) in [5, 5.41) is 19.8. The van der Waals surface area contributed by atoms with Gasteiger partial charge in [0.25, 0.3) is 5.69 Å². The van der Waals surface area contributed by atoms with E-state index in [2.05, 4.69) is 0 Å². The average Bonchev–Trinajstić information content (AvgIpc) is 2.43. The van der Waals surface area contributed by atoms with Gasteiger partial charge in [-0.1, -0.05) is 29.3 Å². The molecule has 0 spiro atoms. The summed E-state index contributed by atoms with van der Waals surface area (Å²) in [4.78, 5) is 10.1. The van der Waals surface area contributed by atoms with Crippen molar-refractivity contribution in [3.63, 3.8) is 0 Å². The molecule has 0 aliphatic carbocycles. The summed E-state index contributed by atoms with van der Waals surface area (Å²) in [6, 6.07) is 9.33. The lowest BCUT2D eigenvalue weighted by Gasteiger charge is -2.11. The molecule has 7 heteroatoms. The van der Waals surface area contributed by atoms with Gasteiger partial charge < -0.3 is 4.74 Å². The molecule has 0 heterocycles. The first kappa shape index (κ1) is 15.1. The minimum absolute atomic E-state index is 0.00124. The van der Waals surface area contributed by atoms with Gasteiger partial charge in [-0.3, -0.25) is 10.1 Å². The number of hydrogen-bond acceptors (Lipinski definition) is 4. The van der Waals surface area contributed by atoms with Gasteiger partial charge >= 0.3 is 0 Å². The maximum atomic E-state index is 10.7. The van der Waals surface area contributed by atoms with Crippen LogP contribution in [0.4, 0.5) is 5.69 Å². The summed E-state index contributed by atoms with van der Waals surface area (Å²) in [5.74, 6) is 0.352. The van der Waals surface area contributed by atoms with Gasteiger partial charge in [0.1, 0.15) is 11.8 Å². The van der Waals surface area contributed by atoms with Crippen LogP contribution in [0.25, 0.3) is 0 Å². The van der Waals surface area contributed by atoms with Gasteiger partial charge in [-0.25, -0.2) is 0 Å². The van der Waals surface area contributed by atoms with Crippen LogP contribution in [0.1, 0.15) is 11.1 Å². The molecule has 0 N–H and O–H groups in total. The first-order valence-electron chi connectivity index (χ1n) is 5.74. The van der Waals surface area contributed by atoms with E-state index in [0.717, 1.165) is 17.7 Å². The number of halogens is 2. The Morgan fingerprint density at radius 1 is 1.24 bits per heavy atom. The topological polar surface area (TPSA) is 76.2 Å². The maximum Gasteiger partial charge on any atom is 0.272 e. The smallest absolute Gasteiger partial charge is 0.272 e. The van der Waals surface area contributed by atoms with Crippen LogP contribution < -0.4 is 4.74 Å². The zero-order valence-corrected chi connectivity index (χ0v) is 12.3. The Hall–Kier alpha value is -2.29. The molecule has 0 radical (unpaired) electrons. The third-order valence-corrected chi connectivity index (χ3v) is 3.22. The van der Waals surface area contributed by atoms with Gasteiger partial charge in [-0.05, 0) is 24.6 Å². The van der Waals surface area contributed by atoms with Gasteiger partial charge in [0, 0.05) is 12.1 Å². The number of nitriles is 1. The number of nitro groups is 1. The molecule has 106 valence electrons. The fourth-order valence-electron chi connectivity index (χ4n) is 1.68. The minimum atomic E-state index is -0.603. The van der Waals surface area contributed by atoms with Crippen LogP contribution in [0, 0.1) is 28.4 Å². The first-order valence-corrected chi connectivity index (χ1v) is 6.50. The zero-order chi connectivity index (χ0) is 15.6. The number of non-ortho nitro benzene ring substituents is 1. The van der Waals surface area contributed by atoms with Crippen LogP contribution in [0.3, 0.4) is 0 Å². The number of ether oxygens (including phenoxy) is 1. The molecule has 0 aromatic heterocycles. The standard InChI is InChI=1S/C14H8Cl2N2O3/c1-8-2-3-13(9(4-8)7-17)21-14-11(15)5-10(18(19)20)6-12(14)16/h2-6H,1H3. The summed E-state index contributed by atoms with van der Waals surface area (Å²) < 4.78 is 5.54. The molecule has 0 aliphatic rings. The number of benzene rings is 2. The largest absolute Gasteiger partial charge is 0.453 e. The third kappa shape index (κ3) is 3.24. The predicted molar refractivity (Wildman–Crippen MR) is 79.1 cm³/mol. The lowest BCUT2D eigenvalue weighted by Crippen LogP contribution is -1.93.